The molecular weight excluding hydrogens is 508 g/mol. The minimum Gasteiger partial charge on any atom is -0.345 e. The van der Waals surface area contributed by atoms with Crippen molar-refractivity contribution in [2.75, 3.05) is 11.9 Å². The van der Waals surface area contributed by atoms with Crippen molar-refractivity contribution in [3.8, 4) is 0 Å². The third-order valence-electron chi connectivity index (χ3n) is 6.78. The molecule has 208 valence electrons. The maximum atomic E-state index is 13.2. The van der Waals surface area contributed by atoms with Gasteiger partial charge in [0.2, 0.25) is 29.5 Å². The van der Waals surface area contributed by atoms with Crippen LogP contribution in [0.5, 0.6) is 0 Å². The molecule has 9 heteroatoms. The van der Waals surface area contributed by atoms with Crippen LogP contribution in [0.4, 0.5) is 5.69 Å². The van der Waals surface area contributed by atoms with Crippen molar-refractivity contribution in [1.29, 1.82) is 0 Å². The first kappa shape index (κ1) is 28.5. The molecule has 0 bridgehead atoms. The standard InChI is InChI=1S/C31H34N4O5/c1-20(2)16-25(30(39)33-24-13-12-22-10-6-7-11-23(22)18-24)34-27(36)19-32-31(40)26(17-21-8-4-3-5-9-21)35-28(37)14-15-29(35)38/h3-13,18,20,25-26H,14-17,19H2,1-2H3,(H,32,40)(H,33,39)(H,34,36)/t25-,26+/m1/s1. The minimum atomic E-state index is -1.07. The van der Waals surface area contributed by atoms with Crippen LogP contribution in [0.25, 0.3) is 10.8 Å². The Morgan fingerprint density at radius 3 is 2.15 bits per heavy atom. The van der Waals surface area contributed by atoms with Gasteiger partial charge in [-0.15, -0.1) is 0 Å². The van der Waals surface area contributed by atoms with Crippen LogP contribution in [0.2, 0.25) is 0 Å². The fraction of sp³-hybridized carbons (Fsp3) is 0.323. The molecule has 5 amide bonds. The topological polar surface area (TPSA) is 125 Å². The van der Waals surface area contributed by atoms with E-state index in [1.165, 1.54) is 0 Å². The maximum Gasteiger partial charge on any atom is 0.246 e. The molecular formula is C31H34N4O5. The summed E-state index contributed by atoms with van der Waals surface area (Å²) in [5, 5.41) is 10.2. The highest BCUT2D eigenvalue weighted by Gasteiger charge is 2.39. The molecule has 0 radical (unpaired) electrons. The highest BCUT2D eigenvalue weighted by molar-refractivity contribution is 6.06. The molecule has 1 aliphatic rings. The van der Waals surface area contributed by atoms with Gasteiger partial charge in [0.05, 0.1) is 6.54 Å². The Morgan fingerprint density at radius 2 is 1.48 bits per heavy atom. The number of likely N-dealkylation sites (tertiary alicyclic amines) is 1. The van der Waals surface area contributed by atoms with E-state index >= 15 is 0 Å². The SMILES string of the molecule is CC(C)C[C@@H](NC(=O)CNC(=O)[C@H](Cc1ccccc1)N1C(=O)CCC1=O)C(=O)Nc1ccc2ccccc2c1. The molecule has 3 aromatic rings. The Kier molecular flexibility index (Phi) is 9.27. The lowest BCUT2D eigenvalue weighted by atomic mass is 10.0. The number of hydrogen-bond acceptors (Lipinski definition) is 5. The average molecular weight is 543 g/mol. The molecule has 4 rings (SSSR count). The Balaban J connectivity index is 1.40. The number of imide groups is 1. The summed E-state index contributed by atoms with van der Waals surface area (Å²) in [7, 11) is 0. The molecule has 2 atom stereocenters. The largest absolute Gasteiger partial charge is 0.345 e. The van der Waals surface area contributed by atoms with E-state index in [4.69, 9.17) is 0 Å². The van der Waals surface area contributed by atoms with Crippen molar-refractivity contribution >= 4 is 46.0 Å². The summed E-state index contributed by atoms with van der Waals surface area (Å²) in [6, 6.07) is 20.6. The number of fused-ring (bicyclic) bond motifs is 1. The molecule has 1 heterocycles. The number of rotatable bonds is 11. The lowest BCUT2D eigenvalue weighted by Gasteiger charge is -2.26. The van der Waals surface area contributed by atoms with Gasteiger partial charge in [-0.05, 0) is 40.8 Å². The van der Waals surface area contributed by atoms with E-state index < -0.39 is 42.3 Å². The molecule has 0 unspecified atom stereocenters. The molecule has 0 saturated carbocycles. The third kappa shape index (κ3) is 7.31. The first-order chi connectivity index (χ1) is 19.2. The molecule has 3 aromatic carbocycles. The molecule has 0 aromatic heterocycles. The second-order valence-corrected chi connectivity index (χ2v) is 10.4. The number of amides is 5. The third-order valence-corrected chi connectivity index (χ3v) is 6.78. The van der Waals surface area contributed by atoms with Crippen molar-refractivity contribution in [2.24, 2.45) is 5.92 Å². The van der Waals surface area contributed by atoms with Crippen molar-refractivity contribution < 1.29 is 24.0 Å². The van der Waals surface area contributed by atoms with Crippen LogP contribution >= 0.6 is 0 Å². The van der Waals surface area contributed by atoms with Gasteiger partial charge in [-0.1, -0.05) is 74.5 Å². The van der Waals surface area contributed by atoms with Crippen molar-refractivity contribution in [1.82, 2.24) is 15.5 Å². The van der Waals surface area contributed by atoms with Crippen LogP contribution in [0.3, 0.4) is 0 Å². The molecule has 1 aliphatic heterocycles. The van der Waals surface area contributed by atoms with Gasteiger partial charge >= 0.3 is 0 Å². The van der Waals surface area contributed by atoms with Gasteiger partial charge in [0.1, 0.15) is 12.1 Å². The summed E-state index contributed by atoms with van der Waals surface area (Å²) in [6.07, 6.45) is 0.643. The number of hydrogen-bond donors (Lipinski definition) is 3. The monoisotopic (exact) mass is 542 g/mol. The van der Waals surface area contributed by atoms with Gasteiger partial charge in [-0.25, -0.2) is 0 Å². The fourth-order valence-electron chi connectivity index (χ4n) is 4.81. The summed E-state index contributed by atoms with van der Waals surface area (Å²) in [4.78, 5) is 64.9. The Labute approximate surface area is 233 Å². The minimum absolute atomic E-state index is 0.0566. The van der Waals surface area contributed by atoms with Crippen LogP contribution in [0, 0.1) is 5.92 Å². The molecule has 1 fully saturated rings. The quantitative estimate of drug-likeness (QED) is 0.321. The van der Waals surface area contributed by atoms with Gasteiger partial charge in [0, 0.05) is 24.9 Å². The molecule has 0 spiro atoms. The van der Waals surface area contributed by atoms with E-state index in [2.05, 4.69) is 16.0 Å². The highest BCUT2D eigenvalue weighted by Crippen LogP contribution is 2.20. The normalized spacial score (nSPS) is 14.7. The molecule has 9 nitrogen and oxygen atoms in total. The van der Waals surface area contributed by atoms with E-state index in [1.807, 2.05) is 86.6 Å². The Morgan fingerprint density at radius 1 is 0.825 bits per heavy atom. The number of anilines is 1. The molecule has 40 heavy (non-hydrogen) atoms. The van der Waals surface area contributed by atoms with Crippen molar-refractivity contribution in [3.05, 3.63) is 78.4 Å². The number of carbonyl (C=O) groups is 5. The first-order valence-electron chi connectivity index (χ1n) is 13.5. The van der Waals surface area contributed by atoms with Gasteiger partial charge in [0.25, 0.3) is 0 Å². The molecule has 0 aliphatic carbocycles. The van der Waals surface area contributed by atoms with Crippen LogP contribution in [0.15, 0.2) is 72.8 Å². The molecule has 3 N–H and O–H groups in total. The van der Waals surface area contributed by atoms with Crippen LogP contribution in [-0.4, -0.2) is 53.1 Å². The van der Waals surface area contributed by atoms with E-state index in [0.29, 0.717) is 12.1 Å². The van der Waals surface area contributed by atoms with E-state index in [1.54, 1.807) is 0 Å². The Hall–Kier alpha value is -4.53. The summed E-state index contributed by atoms with van der Waals surface area (Å²) >= 11 is 0. The van der Waals surface area contributed by atoms with Crippen molar-refractivity contribution in [2.45, 2.75) is 51.6 Å². The van der Waals surface area contributed by atoms with Crippen molar-refractivity contribution in [3.63, 3.8) is 0 Å². The predicted octanol–water partition coefficient (Wildman–Crippen LogP) is 3.19. The smallest absolute Gasteiger partial charge is 0.246 e. The lowest BCUT2D eigenvalue weighted by Crippen LogP contribution is -2.53. The highest BCUT2D eigenvalue weighted by atomic mass is 16.2. The zero-order chi connectivity index (χ0) is 28.6. The van der Waals surface area contributed by atoms with E-state index in [-0.39, 0.29) is 31.1 Å². The van der Waals surface area contributed by atoms with Crippen LogP contribution in [-0.2, 0) is 30.4 Å². The number of nitrogens with zero attached hydrogens (tertiary/aromatic N) is 1. The average Bonchev–Trinajstić information content (AvgIpc) is 3.27. The second kappa shape index (κ2) is 13.0. The van der Waals surface area contributed by atoms with Gasteiger partial charge in [0.15, 0.2) is 0 Å². The van der Waals surface area contributed by atoms with Gasteiger partial charge in [-0.3, -0.25) is 28.9 Å². The van der Waals surface area contributed by atoms with E-state index in [0.717, 1.165) is 21.2 Å². The van der Waals surface area contributed by atoms with Gasteiger partial charge < -0.3 is 16.0 Å². The summed E-state index contributed by atoms with van der Waals surface area (Å²) in [6.45, 7) is 3.49. The first-order valence-corrected chi connectivity index (χ1v) is 13.5. The second-order valence-electron chi connectivity index (χ2n) is 10.4. The fourth-order valence-corrected chi connectivity index (χ4v) is 4.81. The van der Waals surface area contributed by atoms with Gasteiger partial charge in [-0.2, -0.15) is 0 Å². The number of benzene rings is 3. The zero-order valence-electron chi connectivity index (χ0n) is 22.7. The van der Waals surface area contributed by atoms with Crippen LogP contribution < -0.4 is 16.0 Å². The maximum absolute atomic E-state index is 13.2. The van der Waals surface area contributed by atoms with Crippen LogP contribution in [0.1, 0.15) is 38.7 Å². The number of nitrogens with one attached hydrogen (secondary N) is 3. The summed E-state index contributed by atoms with van der Waals surface area (Å²) in [5.74, 6) is -2.22. The van der Waals surface area contributed by atoms with E-state index in [9.17, 15) is 24.0 Å². The summed E-state index contributed by atoms with van der Waals surface area (Å²) in [5.41, 5.74) is 1.39. The summed E-state index contributed by atoms with van der Waals surface area (Å²) < 4.78 is 0. The zero-order valence-corrected chi connectivity index (χ0v) is 22.7. The number of carbonyl (C=O) groups excluding carboxylic acids is 5. The predicted molar refractivity (Wildman–Crippen MR) is 152 cm³/mol. The lowest BCUT2D eigenvalue weighted by molar-refractivity contribution is -0.146. The molecule has 1 saturated heterocycles. The Bertz CT molecular complexity index is 1390.